The van der Waals surface area contributed by atoms with Gasteiger partial charge in [0.05, 0.1) is 16.8 Å². The molecule has 13 heavy (non-hydrogen) atoms. The largest absolute Gasteiger partial charge is 0.298 e. The topological polar surface area (TPSA) is 34.9 Å². The molecule has 4 heteroatoms. The van der Waals surface area contributed by atoms with Gasteiger partial charge in [0.15, 0.2) is 6.29 Å². The molecule has 0 aromatic carbocycles. The van der Waals surface area contributed by atoms with Crippen LogP contribution < -0.4 is 0 Å². The molecule has 1 aromatic heterocycles. The van der Waals surface area contributed by atoms with Crippen LogP contribution in [0.1, 0.15) is 36.8 Å². The first-order chi connectivity index (χ1) is 5.88. The van der Waals surface area contributed by atoms with Crippen molar-refractivity contribution in [3.05, 3.63) is 16.4 Å². The summed E-state index contributed by atoms with van der Waals surface area (Å²) in [5.41, 5.74) is 0.967. The predicted molar refractivity (Wildman–Crippen MR) is 52.4 cm³/mol. The second-order valence-corrected chi connectivity index (χ2v) is 4.35. The molecular weight excluding hydrogens is 188 g/mol. The quantitative estimate of drug-likeness (QED) is 0.653. The molecule has 0 amide bonds. The Balaban J connectivity index is 3.34. The van der Waals surface area contributed by atoms with E-state index in [9.17, 15) is 4.79 Å². The molecule has 1 rings (SSSR count). The van der Waals surface area contributed by atoms with Crippen molar-refractivity contribution in [3.8, 4) is 0 Å². The highest BCUT2D eigenvalue weighted by molar-refractivity contribution is 6.32. The van der Waals surface area contributed by atoms with Crippen molar-refractivity contribution in [2.45, 2.75) is 33.2 Å². The minimum atomic E-state index is -0.191. The molecule has 0 spiro atoms. The van der Waals surface area contributed by atoms with Crippen molar-refractivity contribution in [2.24, 2.45) is 0 Å². The summed E-state index contributed by atoms with van der Waals surface area (Å²) in [4.78, 5) is 10.7. The Bertz CT molecular complexity index is 336. The predicted octanol–water partition coefficient (Wildman–Crippen LogP) is 2.41. The summed E-state index contributed by atoms with van der Waals surface area (Å²) in [5, 5.41) is 4.62. The van der Waals surface area contributed by atoms with Crippen molar-refractivity contribution in [1.82, 2.24) is 9.78 Å². The van der Waals surface area contributed by atoms with E-state index in [4.69, 9.17) is 11.6 Å². The van der Waals surface area contributed by atoms with E-state index < -0.39 is 0 Å². The van der Waals surface area contributed by atoms with Gasteiger partial charge >= 0.3 is 0 Å². The molecule has 0 unspecified atom stereocenters. The zero-order chi connectivity index (χ0) is 10.2. The number of rotatable bonds is 1. The van der Waals surface area contributed by atoms with E-state index in [0.717, 1.165) is 6.29 Å². The fourth-order valence-electron chi connectivity index (χ4n) is 1.09. The summed E-state index contributed by atoms with van der Waals surface area (Å²) in [5.74, 6) is 0. The number of nitrogens with zero attached hydrogens (tertiary/aromatic N) is 2. The molecule has 0 saturated heterocycles. The Kier molecular flexibility index (Phi) is 2.48. The lowest BCUT2D eigenvalue weighted by molar-refractivity contribution is 0.112. The van der Waals surface area contributed by atoms with Gasteiger partial charge in [0, 0.05) is 0 Å². The van der Waals surface area contributed by atoms with Crippen LogP contribution in [0.5, 0.6) is 0 Å². The summed E-state index contributed by atoms with van der Waals surface area (Å²) >= 11 is 5.98. The lowest BCUT2D eigenvalue weighted by atomic mass is 10.1. The van der Waals surface area contributed by atoms with Gasteiger partial charge in [-0.25, -0.2) is 4.68 Å². The number of hydrogen-bond acceptors (Lipinski definition) is 2. The molecule has 0 saturated carbocycles. The average molecular weight is 201 g/mol. The second kappa shape index (κ2) is 3.14. The van der Waals surface area contributed by atoms with Crippen LogP contribution in [0.4, 0.5) is 0 Å². The molecule has 0 bridgehead atoms. The van der Waals surface area contributed by atoms with Crippen molar-refractivity contribution < 1.29 is 4.79 Å². The highest BCUT2D eigenvalue weighted by atomic mass is 35.5. The van der Waals surface area contributed by atoms with Crippen LogP contribution in [0, 0.1) is 6.92 Å². The van der Waals surface area contributed by atoms with Gasteiger partial charge < -0.3 is 0 Å². The summed E-state index contributed by atoms with van der Waals surface area (Å²) in [7, 11) is 0. The van der Waals surface area contributed by atoms with Gasteiger partial charge in [0.2, 0.25) is 0 Å². The van der Waals surface area contributed by atoms with Crippen LogP contribution in [0.25, 0.3) is 0 Å². The van der Waals surface area contributed by atoms with Gasteiger partial charge in [0.1, 0.15) is 5.15 Å². The van der Waals surface area contributed by atoms with E-state index in [1.54, 1.807) is 11.6 Å². The third-order valence-electron chi connectivity index (χ3n) is 1.80. The SMILES string of the molecule is Cc1nn(C(C)(C)C)c(Cl)c1C=O. The van der Waals surface area contributed by atoms with E-state index >= 15 is 0 Å². The van der Waals surface area contributed by atoms with Gasteiger partial charge in [-0.3, -0.25) is 4.79 Å². The molecule has 0 aliphatic carbocycles. The van der Waals surface area contributed by atoms with Gasteiger partial charge in [-0.15, -0.1) is 0 Å². The van der Waals surface area contributed by atoms with Crippen LogP contribution in [0.15, 0.2) is 0 Å². The number of aromatic nitrogens is 2. The maximum Gasteiger partial charge on any atom is 0.155 e. The van der Waals surface area contributed by atoms with Crippen molar-refractivity contribution in [1.29, 1.82) is 0 Å². The fourth-order valence-corrected chi connectivity index (χ4v) is 1.56. The summed E-state index contributed by atoms with van der Waals surface area (Å²) in [6.45, 7) is 7.73. The fraction of sp³-hybridized carbons (Fsp3) is 0.556. The molecule has 0 fully saturated rings. The van der Waals surface area contributed by atoms with Crippen LogP contribution in [-0.2, 0) is 5.54 Å². The zero-order valence-electron chi connectivity index (χ0n) is 8.26. The lowest BCUT2D eigenvalue weighted by Crippen LogP contribution is -2.23. The zero-order valence-corrected chi connectivity index (χ0v) is 9.01. The van der Waals surface area contributed by atoms with Crippen molar-refractivity contribution in [3.63, 3.8) is 0 Å². The molecule has 1 aromatic rings. The molecule has 72 valence electrons. The standard InChI is InChI=1S/C9H13ClN2O/c1-6-7(5-13)8(10)12(11-6)9(2,3)4/h5H,1-4H3. The van der Waals surface area contributed by atoms with Gasteiger partial charge in [-0.2, -0.15) is 5.10 Å². The Hall–Kier alpha value is -0.830. The first-order valence-electron chi connectivity index (χ1n) is 4.08. The van der Waals surface area contributed by atoms with Gasteiger partial charge in [0.25, 0.3) is 0 Å². The summed E-state index contributed by atoms with van der Waals surface area (Å²) in [6, 6.07) is 0. The molecule has 0 radical (unpaired) electrons. The number of halogens is 1. The third kappa shape index (κ3) is 1.75. The maximum absolute atomic E-state index is 10.7. The van der Waals surface area contributed by atoms with Crippen LogP contribution in [-0.4, -0.2) is 16.1 Å². The van der Waals surface area contributed by atoms with Crippen LogP contribution >= 0.6 is 11.6 Å². The monoisotopic (exact) mass is 200 g/mol. The average Bonchev–Trinajstić information content (AvgIpc) is 2.25. The summed E-state index contributed by atoms with van der Waals surface area (Å²) < 4.78 is 1.66. The third-order valence-corrected chi connectivity index (χ3v) is 2.16. The number of carbonyl (C=O) groups excluding carboxylic acids is 1. The number of aryl methyl sites for hydroxylation is 1. The summed E-state index contributed by atoms with van der Waals surface area (Å²) in [6.07, 6.45) is 0.743. The van der Waals surface area contributed by atoms with E-state index in [-0.39, 0.29) is 5.54 Å². The number of aldehydes is 1. The number of hydrogen-bond donors (Lipinski definition) is 0. The molecule has 0 aliphatic rings. The lowest BCUT2D eigenvalue weighted by Gasteiger charge is -2.20. The molecule has 1 heterocycles. The number of carbonyl (C=O) groups is 1. The van der Waals surface area contributed by atoms with Crippen molar-refractivity contribution in [2.75, 3.05) is 0 Å². The van der Waals surface area contributed by atoms with Gasteiger partial charge in [-0.05, 0) is 27.7 Å². The Morgan fingerprint density at radius 1 is 1.46 bits per heavy atom. The highest BCUT2D eigenvalue weighted by Crippen LogP contribution is 2.24. The van der Waals surface area contributed by atoms with E-state index in [2.05, 4.69) is 5.10 Å². The Morgan fingerprint density at radius 3 is 2.23 bits per heavy atom. The first kappa shape index (κ1) is 10.3. The second-order valence-electron chi connectivity index (χ2n) is 3.99. The normalized spacial score (nSPS) is 11.8. The van der Waals surface area contributed by atoms with E-state index in [0.29, 0.717) is 16.4 Å². The molecule has 0 N–H and O–H groups in total. The van der Waals surface area contributed by atoms with Gasteiger partial charge in [-0.1, -0.05) is 11.6 Å². The molecular formula is C9H13ClN2O. The van der Waals surface area contributed by atoms with E-state index in [1.165, 1.54) is 0 Å². The van der Waals surface area contributed by atoms with Crippen LogP contribution in [0.3, 0.4) is 0 Å². The molecule has 3 nitrogen and oxygen atoms in total. The minimum absolute atomic E-state index is 0.191. The van der Waals surface area contributed by atoms with E-state index in [1.807, 2.05) is 20.8 Å². The molecule has 0 aliphatic heterocycles. The highest BCUT2D eigenvalue weighted by Gasteiger charge is 2.21. The van der Waals surface area contributed by atoms with Crippen LogP contribution in [0.2, 0.25) is 5.15 Å². The maximum atomic E-state index is 10.7. The smallest absolute Gasteiger partial charge is 0.155 e. The van der Waals surface area contributed by atoms with Crippen molar-refractivity contribution >= 4 is 17.9 Å². The molecule has 0 atom stereocenters. The first-order valence-corrected chi connectivity index (χ1v) is 4.46. The Labute approximate surface area is 82.7 Å². The Morgan fingerprint density at radius 2 is 2.00 bits per heavy atom. The minimum Gasteiger partial charge on any atom is -0.298 e.